The molecule has 4 atom stereocenters. The highest BCUT2D eigenvalue weighted by molar-refractivity contribution is 6.30. The third-order valence-corrected chi connectivity index (χ3v) is 7.96. The van der Waals surface area contributed by atoms with Crippen molar-refractivity contribution in [2.75, 3.05) is 27.8 Å². The summed E-state index contributed by atoms with van der Waals surface area (Å²) in [6.07, 6.45) is 2.16. The van der Waals surface area contributed by atoms with Gasteiger partial charge >= 0.3 is 5.97 Å². The Morgan fingerprint density at radius 1 is 1.09 bits per heavy atom. The van der Waals surface area contributed by atoms with Gasteiger partial charge in [-0.2, -0.15) is 0 Å². The number of rotatable bonds is 4. The zero-order valence-electron chi connectivity index (χ0n) is 19.4. The number of imide groups is 1. The maximum atomic E-state index is 13.3. The first-order valence-corrected chi connectivity index (χ1v) is 11.8. The van der Waals surface area contributed by atoms with E-state index >= 15 is 0 Å². The Bertz CT molecular complexity index is 1180. The Kier molecular flexibility index (Phi) is 5.65. The highest BCUT2D eigenvalue weighted by Crippen LogP contribution is 2.58. The van der Waals surface area contributed by atoms with Crippen LogP contribution in [0.3, 0.4) is 0 Å². The van der Waals surface area contributed by atoms with Crippen LogP contribution >= 0.6 is 11.6 Å². The lowest BCUT2D eigenvalue weighted by atomic mass is 9.75. The number of nitrogens with zero attached hydrogens (tertiary/aromatic N) is 2. The highest BCUT2D eigenvalue weighted by Gasteiger charge is 2.72. The number of methoxy groups -OCH3 is 2. The monoisotopic (exact) mass is 482 g/mol. The third kappa shape index (κ3) is 3.10. The van der Waals surface area contributed by atoms with E-state index in [0.717, 1.165) is 29.5 Å². The van der Waals surface area contributed by atoms with Crippen molar-refractivity contribution in [2.24, 2.45) is 11.8 Å². The summed E-state index contributed by atoms with van der Waals surface area (Å²) in [6, 6.07) is 12.9. The van der Waals surface area contributed by atoms with Gasteiger partial charge in [-0.05, 0) is 55.1 Å². The number of hydrogen-bond acceptors (Lipinski definition) is 6. The maximum Gasteiger partial charge on any atom is 0.327 e. The van der Waals surface area contributed by atoms with Gasteiger partial charge < -0.3 is 9.47 Å². The van der Waals surface area contributed by atoms with Gasteiger partial charge in [-0.25, -0.2) is 0 Å². The average Bonchev–Trinajstić information content (AvgIpc) is 3.29. The smallest absolute Gasteiger partial charge is 0.327 e. The minimum Gasteiger partial charge on any atom is -0.496 e. The van der Waals surface area contributed by atoms with Crippen LogP contribution in [-0.2, 0) is 19.1 Å². The molecule has 0 spiro atoms. The zero-order chi connectivity index (χ0) is 24.2. The molecule has 0 bridgehead atoms. The topological polar surface area (TPSA) is 76.2 Å². The first kappa shape index (κ1) is 22.9. The number of carbonyl (C=O) groups excluding carboxylic acids is 3. The molecule has 3 saturated heterocycles. The number of halogens is 1. The lowest BCUT2D eigenvalue weighted by Crippen LogP contribution is -2.59. The summed E-state index contributed by atoms with van der Waals surface area (Å²) in [5.41, 5.74) is 1.47. The van der Waals surface area contributed by atoms with Gasteiger partial charge in [-0.3, -0.25) is 24.2 Å². The number of fused-ring (bicyclic) bond motifs is 3. The maximum absolute atomic E-state index is 13.3. The van der Waals surface area contributed by atoms with E-state index in [1.807, 2.05) is 47.4 Å². The molecule has 3 fully saturated rings. The van der Waals surface area contributed by atoms with Gasteiger partial charge in [0.1, 0.15) is 11.3 Å². The SMILES string of the molecule is COC(=O)[C@@]12CCCCN1C(c1ccc(-c3cccc(Cl)c3)c(OC)c1)C1C(=O)N(C)C(=O)C12. The van der Waals surface area contributed by atoms with Gasteiger partial charge in [0.25, 0.3) is 0 Å². The Labute approximate surface area is 203 Å². The molecule has 3 aliphatic heterocycles. The lowest BCUT2D eigenvalue weighted by molar-refractivity contribution is -0.163. The van der Waals surface area contributed by atoms with Crippen LogP contribution in [0.25, 0.3) is 11.1 Å². The molecule has 3 aliphatic rings. The highest BCUT2D eigenvalue weighted by atomic mass is 35.5. The molecule has 0 N–H and O–H groups in total. The molecule has 0 radical (unpaired) electrons. The Morgan fingerprint density at radius 3 is 2.59 bits per heavy atom. The van der Waals surface area contributed by atoms with Crippen molar-refractivity contribution in [3.05, 3.63) is 53.1 Å². The second-order valence-electron chi connectivity index (χ2n) is 9.22. The van der Waals surface area contributed by atoms with E-state index in [4.69, 9.17) is 21.1 Å². The molecular weight excluding hydrogens is 456 g/mol. The molecule has 3 unspecified atom stereocenters. The first-order chi connectivity index (χ1) is 16.3. The number of ether oxygens (including phenoxy) is 2. The molecule has 0 saturated carbocycles. The summed E-state index contributed by atoms with van der Waals surface area (Å²) in [4.78, 5) is 43.1. The van der Waals surface area contributed by atoms with Gasteiger partial charge in [0.15, 0.2) is 0 Å². The zero-order valence-corrected chi connectivity index (χ0v) is 20.2. The molecule has 5 rings (SSSR count). The van der Waals surface area contributed by atoms with Crippen molar-refractivity contribution in [1.82, 2.24) is 9.80 Å². The average molecular weight is 483 g/mol. The predicted octanol–water partition coefficient (Wildman–Crippen LogP) is 3.70. The second kappa shape index (κ2) is 8.40. The molecule has 8 heteroatoms. The van der Waals surface area contributed by atoms with E-state index < -0.39 is 29.4 Å². The second-order valence-corrected chi connectivity index (χ2v) is 9.66. The largest absolute Gasteiger partial charge is 0.496 e. The number of carbonyl (C=O) groups is 3. The van der Waals surface area contributed by atoms with Gasteiger partial charge in [-0.15, -0.1) is 0 Å². The fraction of sp³-hybridized carbons (Fsp3) is 0.423. The molecule has 3 heterocycles. The minimum atomic E-state index is -1.14. The molecule has 2 amide bonds. The van der Waals surface area contributed by atoms with Crippen molar-refractivity contribution in [3.63, 3.8) is 0 Å². The van der Waals surface area contributed by atoms with Gasteiger partial charge in [0.2, 0.25) is 11.8 Å². The van der Waals surface area contributed by atoms with Crippen LogP contribution < -0.4 is 4.74 Å². The van der Waals surface area contributed by atoms with E-state index in [-0.39, 0.29) is 11.8 Å². The number of hydrogen-bond donors (Lipinski definition) is 0. The summed E-state index contributed by atoms with van der Waals surface area (Å²) in [6.45, 7) is 0.607. The number of piperidine rings is 1. The van der Waals surface area contributed by atoms with Crippen molar-refractivity contribution < 1.29 is 23.9 Å². The van der Waals surface area contributed by atoms with Crippen molar-refractivity contribution in [3.8, 4) is 16.9 Å². The summed E-state index contributed by atoms with van der Waals surface area (Å²) >= 11 is 6.20. The number of amides is 2. The number of benzene rings is 2. The Hall–Kier alpha value is -2.90. The summed E-state index contributed by atoms with van der Waals surface area (Å²) in [5, 5.41) is 0.622. The molecule has 0 aliphatic carbocycles. The van der Waals surface area contributed by atoms with Crippen LogP contribution in [0.2, 0.25) is 5.02 Å². The molecule has 34 heavy (non-hydrogen) atoms. The number of esters is 1. The fourth-order valence-electron chi connectivity index (χ4n) is 6.29. The summed E-state index contributed by atoms with van der Waals surface area (Å²) < 4.78 is 11.0. The quantitative estimate of drug-likeness (QED) is 0.488. The number of likely N-dealkylation sites (tertiary alicyclic amines) is 1. The van der Waals surface area contributed by atoms with Gasteiger partial charge in [-0.1, -0.05) is 35.9 Å². The standard InChI is InChI=1S/C26H27ClN2O5/c1-28-23(30)20-21(24(28)31)26(25(32)34-3)11-4-5-12-29(26)22(20)16-9-10-18(19(14-16)33-2)15-7-6-8-17(27)13-15/h6-10,13-14,20-22H,4-5,11-12H2,1-3H3/t20?,21?,22?,26-/m0/s1. The van der Waals surface area contributed by atoms with E-state index in [1.165, 1.54) is 19.1 Å². The fourth-order valence-corrected chi connectivity index (χ4v) is 6.48. The van der Waals surface area contributed by atoms with Crippen molar-refractivity contribution >= 4 is 29.4 Å². The van der Waals surface area contributed by atoms with E-state index in [9.17, 15) is 14.4 Å². The molecule has 0 aromatic heterocycles. The Balaban J connectivity index is 1.66. The molecule has 178 valence electrons. The van der Waals surface area contributed by atoms with Crippen LogP contribution in [0.1, 0.15) is 30.9 Å². The molecule has 2 aromatic rings. The molecular formula is C26H27ClN2O5. The Morgan fingerprint density at radius 2 is 1.88 bits per heavy atom. The van der Waals surface area contributed by atoms with E-state index in [2.05, 4.69) is 0 Å². The first-order valence-electron chi connectivity index (χ1n) is 11.5. The van der Waals surface area contributed by atoms with Crippen LogP contribution in [0.15, 0.2) is 42.5 Å². The van der Waals surface area contributed by atoms with Crippen molar-refractivity contribution in [2.45, 2.75) is 30.8 Å². The van der Waals surface area contributed by atoms with E-state index in [0.29, 0.717) is 23.7 Å². The van der Waals surface area contributed by atoms with Crippen molar-refractivity contribution in [1.29, 1.82) is 0 Å². The van der Waals surface area contributed by atoms with Crippen LogP contribution in [0.5, 0.6) is 5.75 Å². The molecule has 2 aromatic carbocycles. The van der Waals surface area contributed by atoms with Crippen LogP contribution in [0.4, 0.5) is 0 Å². The van der Waals surface area contributed by atoms with Crippen LogP contribution in [-0.4, -0.2) is 60.9 Å². The lowest BCUT2D eigenvalue weighted by Gasteiger charge is -2.44. The summed E-state index contributed by atoms with van der Waals surface area (Å²) in [7, 11) is 4.45. The summed E-state index contributed by atoms with van der Waals surface area (Å²) in [5.74, 6) is -1.79. The molecule has 7 nitrogen and oxygen atoms in total. The van der Waals surface area contributed by atoms with Gasteiger partial charge in [0.05, 0.1) is 26.1 Å². The van der Waals surface area contributed by atoms with Crippen LogP contribution in [0, 0.1) is 11.8 Å². The minimum absolute atomic E-state index is 0.254. The third-order valence-electron chi connectivity index (χ3n) is 7.72. The van der Waals surface area contributed by atoms with E-state index in [1.54, 1.807) is 7.11 Å². The predicted molar refractivity (Wildman–Crippen MR) is 126 cm³/mol. The van der Waals surface area contributed by atoms with Gasteiger partial charge in [0, 0.05) is 23.7 Å². The normalized spacial score (nSPS) is 28.6.